The number of alkyl halides is 1. The second-order valence-corrected chi connectivity index (χ2v) is 22.4. The standard InChI is InChI=1S/C54H76FN5O13S/c1-32-23-35-8-7-33(2)41(12-11-40-26-38(61)28-45(63)72-40)46(35)44(24-32)73-52(67)56-15-16-68-17-18-69-19-20-70-21-22-71-43-25-36(47-34(3)58-31-74-47)9-10-37(43)29-57-49(64)42-27-39(62)30-60(42)50(65)48(53(4,5)6)59-51(66)54(55)13-14-54/h7-10,23,25,31-33,38-42,44,46,48,61-62H,11-22,24,26-30H2,1-6H3,(H,56,67)(H,57,64)(H,59,66)/t32-,33-,38+,39+,40+,41-,42-,44-,46-,48+/m0/s1. The molecule has 18 nitrogen and oxygen atoms in total. The molecule has 3 fully saturated rings. The lowest BCUT2D eigenvalue weighted by molar-refractivity contribution is -0.160. The zero-order valence-electron chi connectivity index (χ0n) is 43.6. The second-order valence-electron chi connectivity index (χ2n) is 21.6. The molecule has 0 spiro atoms. The van der Waals surface area contributed by atoms with Gasteiger partial charge in [-0.15, -0.1) is 11.3 Å². The Morgan fingerprint density at radius 1 is 0.959 bits per heavy atom. The Kier molecular flexibility index (Phi) is 19.7. The molecule has 4 amide bonds. The number of alkyl carbamates (subject to hydrolysis) is 1. The number of aryl methyl sites for hydroxylation is 1. The SMILES string of the molecule is Cc1ncsc1-c1ccc(CNC(=O)[C@@H]2C[C@@H](O)CN2C(=O)[C@@H](NC(=O)C2(F)CC2)C(C)(C)C)c(OCCOCCOCCOCCNC(=O)O[C@H]2C[C@@H](C)C=C3C=C[C@H](C)[C@H](CC[C@@H]4C[C@@H](O)CC(=O)O4)[C@H]32)c1. The summed E-state index contributed by atoms with van der Waals surface area (Å²) in [7, 11) is 0. The molecule has 5 aliphatic rings. The predicted molar refractivity (Wildman–Crippen MR) is 272 cm³/mol. The number of hydrogen-bond acceptors (Lipinski definition) is 15. The average Bonchev–Trinajstić information content (AvgIpc) is 3.75. The maximum absolute atomic E-state index is 14.6. The Morgan fingerprint density at radius 2 is 1.68 bits per heavy atom. The van der Waals surface area contributed by atoms with E-state index >= 15 is 0 Å². The number of aliphatic hydroxyl groups excluding tert-OH is 2. The molecule has 1 aromatic heterocycles. The van der Waals surface area contributed by atoms with Gasteiger partial charge in [0.05, 0.1) is 74.4 Å². The van der Waals surface area contributed by atoms with Crippen LogP contribution in [-0.4, -0.2) is 151 Å². The highest BCUT2D eigenvalue weighted by atomic mass is 32.1. The summed E-state index contributed by atoms with van der Waals surface area (Å²) in [5.74, 6) is -1.04. The van der Waals surface area contributed by atoms with Gasteiger partial charge in [0.2, 0.25) is 11.8 Å². The van der Waals surface area contributed by atoms with Crippen molar-refractivity contribution in [3.8, 4) is 16.2 Å². The van der Waals surface area contributed by atoms with Crippen LogP contribution in [0.25, 0.3) is 10.4 Å². The van der Waals surface area contributed by atoms with E-state index in [0.717, 1.165) is 22.6 Å². The lowest BCUT2D eigenvalue weighted by atomic mass is 9.65. The first kappa shape index (κ1) is 56.7. The van der Waals surface area contributed by atoms with Crippen LogP contribution < -0.4 is 20.7 Å². The number of thiazole rings is 1. The molecule has 3 aliphatic carbocycles. The van der Waals surface area contributed by atoms with E-state index in [0.29, 0.717) is 57.0 Å². The number of rotatable bonds is 24. The van der Waals surface area contributed by atoms with Gasteiger partial charge in [-0.3, -0.25) is 19.2 Å². The van der Waals surface area contributed by atoms with E-state index in [4.69, 9.17) is 28.4 Å². The van der Waals surface area contributed by atoms with Gasteiger partial charge in [0.1, 0.15) is 36.6 Å². The first-order chi connectivity index (χ1) is 35.3. The van der Waals surface area contributed by atoms with E-state index in [9.17, 15) is 38.6 Å². The summed E-state index contributed by atoms with van der Waals surface area (Å²) in [5.41, 5.74) is 2.58. The highest BCUT2D eigenvalue weighted by Crippen LogP contribution is 2.45. The fraction of sp³-hybridized carbons (Fsp3) is 0.667. The van der Waals surface area contributed by atoms with Crippen LogP contribution in [0.4, 0.5) is 9.18 Å². The molecule has 408 valence electrons. The second kappa shape index (κ2) is 25.7. The van der Waals surface area contributed by atoms with E-state index in [1.807, 2.05) is 25.1 Å². The number of benzene rings is 1. The van der Waals surface area contributed by atoms with Crippen LogP contribution in [0.1, 0.15) is 97.2 Å². The highest BCUT2D eigenvalue weighted by Gasteiger charge is 2.53. The Labute approximate surface area is 437 Å². The Balaban J connectivity index is 0.798. The fourth-order valence-corrected chi connectivity index (χ4v) is 11.2. The minimum Gasteiger partial charge on any atom is -0.491 e. The molecule has 0 unspecified atom stereocenters. The molecule has 0 bridgehead atoms. The number of β-amino-alcohol motifs (C(OH)–C–C–N with tert-alkyl or cyclic N) is 1. The van der Waals surface area contributed by atoms with Crippen LogP contribution in [-0.2, 0) is 49.4 Å². The zero-order chi connectivity index (χ0) is 53.2. The van der Waals surface area contributed by atoms with E-state index in [2.05, 4.69) is 53.0 Å². The molecule has 5 N–H and O–H groups in total. The molecule has 2 aliphatic heterocycles. The molecular weight excluding hydrogens is 978 g/mol. The number of carbonyl (C=O) groups is 5. The van der Waals surface area contributed by atoms with Gasteiger partial charge < -0.3 is 59.5 Å². The van der Waals surface area contributed by atoms with Gasteiger partial charge in [-0.2, -0.15) is 0 Å². The number of cyclic esters (lactones) is 1. The van der Waals surface area contributed by atoms with Gasteiger partial charge in [0, 0.05) is 44.0 Å². The molecule has 7 rings (SSSR count). The minimum absolute atomic E-state index is 0.00473. The Hall–Kier alpha value is -4.99. The molecule has 2 aromatic rings. The van der Waals surface area contributed by atoms with Gasteiger partial charge in [-0.1, -0.05) is 65.0 Å². The van der Waals surface area contributed by atoms with Crippen molar-refractivity contribution in [1.29, 1.82) is 0 Å². The number of carbonyl (C=O) groups excluding carboxylic acids is 5. The molecular formula is C54H76FN5O13S. The Bertz CT molecular complexity index is 2330. The third-order valence-corrected chi connectivity index (χ3v) is 15.5. The monoisotopic (exact) mass is 1050 g/mol. The largest absolute Gasteiger partial charge is 0.491 e. The van der Waals surface area contributed by atoms with Gasteiger partial charge in [-0.25, -0.2) is 14.2 Å². The van der Waals surface area contributed by atoms with Crippen molar-refractivity contribution in [3.63, 3.8) is 0 Å². The number of nitrogens with one attached hydrogen (secondary N) is 3. The number of amides is 4. The zero-order valence-corrected chi connectivity index (χ0v) is 44.4. The summed E-state index contributed by atoms with van der Waals surface area (Å²) >= 11 is 1.50. The van der Waals surface area contributed by atoms with Crippen LogP contribution in [0.5, 0.6) is 5.75 Å². The van der Waals surface area contributed by atoms with Gasteiger partial charge in [0.15, 0.2) is 5.67 Å². The topological polar surface area (TPSA) is 233 Å². The summed E-state index contributed by atoms with van der Waals surface area (Å²) in [6.07, 6.45) is 6.66. The number of ether oxygens (including phenoxy) is 6. The number of halogens is 1. The minimum atomic E-state index is -1.98. The van der Waals surface area contributed by atoms with E-state index in [1.54, 1.807) is 26.3 Å². The maximum atomic E-state index is 14.6. The molecule has 20 heteroatoms. The number of nitrogens with zero attached hydrogens (tertiary/aromatic N) is 2. The van der Waals surface area contributed by atoms with Gasteiger partial charge >= 0.3 is 12.1 Å². The molecule has 3 heterocycles. The van der Waals surface area contributed by atoms with Crippen molar-refractivity contribution in [3.05, 3.63) is 58.8 Å². The van der Waals surface area contributed by atoms with Crippen LogP contribution in [0, 0.1) is 36.0 Å². The normalized spacial score (nSPS) is 26.6. The predicted octanol–water partition coefficient (Wildman–Crippen LogP) is 5.50. The van der Waals surface area contributed by atoms with Crippen molar-refractivity contribution in [1.82, 2.24) is 25.8 Å². The summed E-state index contributed by atoms with van der Waals surface area (Å²) in [5, 5.41) is 29.1. The summed E-state index contributed by atoms with van der Waals surface area (Å²) in [6, 6.07) is 3.54. The van der Waals surface area contributed by atoms with Crippen LogP contribution in [0.2, 0.25) is 0 Å². The van der Waals surface area contributed by atoms with Gasteiger partial charge in [-0.05, 0) is 79.4 Å². The molecule has 0 radical (unpaired) electrons. The van der Waals surface area contributed by atoms with Crippen molar-refractivity contribution in [2.24, 2.45) is 29.1 Å². The third kappa shape index (κ3) is 15.3. The molecule has 74 heavy (non-hydrogen) atoms. The van der Waals surface area contributed by atoms with Crippen LogP contribution in [0.15, 0.2) is 47.5 Å². The number of fused-ring (bicyclic) bond motifs is 1. The van der Waals surface area contributed by atoms with E-state index in [-0.39, 0.29) is 107 Å². The van der Waals surface area contributed by atoms with E-state index < -0.39 is 59.2 Å². The molecule has 1 aromatic carbocycles. The average molecular weight is 1050 g/mol. The smallest absolute Gasteiger partial charge is 0.407 e. The molecule has 10 atom stereocenters. The lowest BCUT2D eigenvalue weighted by Crippen LogP contribution is -2.59. The number of allylic oxidation sites excluding steroid dienone is 3. The van der Waals surface area contributed by atoms with Gasteiger partial charge in [0.25, 0.3) is 5.91 Å². The molecule has 2 saturated heterocycles. The summed E-state index contributed by atoms with van der Waals surface area (Å²) < 4.78 is 49.6. The number of esters is 1. The van der Waals surface area contributed by atoms with Crippen molar-refractivity contribution in [2.45, 2.75) is 142 Å². The van der Waals surface area contributed by atoms with Crippen LogP contribution >= 0.6 is 11.3 Å². The number of aliphatic hydroxyl groups is 2. The fourth-order valence-electron chi connectivity index (χ4n) is 10.4. The number of hydrogen-bond donors (Lipinski definition) is 5. The van der Waals surface area contributed by atoms with E-state index in [1.165, 1.54) is 21.8 Å². The number of likely N-dealkylation sites (tertiary alicyclic amines) is 1. The highest BCUT2D eigenvalue weighted by molar-refractivity contribution is 7.13. The quantitative estimate of drug-likeness (QED) is 0.0646. The van der Waals surface area contributed by atoms with Crippen molar-refractivity contribution < 1.29 is 67.0 Å². The van der Waals surface area contributed by atoms with Crippen molar-refractivity contribution >= 4 is 41.1 Å². The lowest BCUT2D eigenvalue weighted by Gasteiger charge is -2.43. The van der Waals surface area contributed by atoms with Crippen LogP contribution in [0.3, 0.4) is 0 Å². The number of aromatic nitrogens is 1. The summed E-state index contributed by atoms with van der Waals surface area (Å²) in [6.45, 7) is 13.7. The maximum Gasteiger partial charge on any atom is 0.407 e. The first-order valence-electron chi connectivity index (χ1n) is 26.2. The third-order valence-electron chi connectivity index (χ3n) is 14.5. The molecule has 1 saturated carbocycles. The summed E-state index contributed by atoms with van der Waals surface area (Å²) in [4.78, 5) is 71.9. The Morgan fingerprint density at radius 3 is 2.35 bits per heavy atom. The first-order valence-corrected chi connectivity index (χ1v) is 27.0. The van der Waals surface area contributed by atoms with Crippen molar-refractivity contribution in [2.75, 3.05) is 59.3 Å².